The predicted molar refractivity (Wildman–Crippen MR) is 58.8 cm³/mol. The maximum absolute atomic E-state index is 11.4. The second kappa shape index (κ2) is 6.50. The van der Waals surface area contributed by atoms with Gasteiger partial charge in [-0.3, -0.25) is 9.59 Å². The molecule has 0 aromatic rings. The Hall–Kier alpha value is -2.07. The number of hydrogen-bond donors (Lipinski definition) is 3. The zero-order valence-corrected chi connectivity index (χ0v) is 9.27. The summed E-state index contributed by atoms with van der Waals surface area (Å²) in [7, 11) is 0. The molecule has 7 heteroatoms. The van der Waals surface area contributed by atoms with Crippen molar-refractivity contribution in [1.29, 1.82) is 5.26 Å². The van der Waals surface area contributed by atoms with E-state index < -0.39 is 18.4 Å². The van der Waals surface area contributed by atoms with Crippen LogP contribution in [-0.2, 0) is 9.59 Å². The third-order valence-electron chi connectivity index (χ3n) is 2.23. The lowest BCUT2D eigenvalue weighted by atomic mass is 10.2. The summed E-state index contributed by atoms with van der Waals surface area (Å²) in [6, 6.07) is 1.77. The number of amides is 1. The van der Waals surface area contributed by atoms with Crippen LogP contribution in [0.15, 0.2) is 11.8 Å². The molecule has 0 radical (unpaired) electrons. The van der Waals surface area contributed by atoms with Crippen LogP contribution in [0.3, 0.4) is 0 Å². The van der Waals surface area contributed by atoms with E-state index in [-0.39, 0.29) is 5.57 Å². The quantitative estimate of drug-likeness (QED) is 0.406. The summed E-state index contributed by atoms with van der Waals surface area (Å²) < 4.78 is 0. The Morgan fingerprint density at radius 2 is 2.12 bits per heavy atom. The second-order valence-electron chi connectivity index (χ2n) is 3.52. The van der Waals surface area contributed by atoms with E-state index in [1.807, 2.05) is 4.90 Å². The molecule has 0 saturated carbocycles. The van der Waals surface area contributed by atoms with Crippen LogP contribution >= 0.6 is 0 Å². The van der Waals surface area contributed by atoms with Gasteiger partial charge in [-0.25, -0.2) is 0 Å². The lowest BCUT2D eigenvalue weighted by molar-refractivity contribution is -0.137. The SMILES string of the molecule is N#C/C(=C/N1CCNCC1)C(=O)NCC(=O)O. The van der Waals surface area contributed by atoms with Gasteiger partial charge in [0.25, 0.3) is 5.91 Å². The average molecular weight is 238 g/mol. The van der Waals surface area contributed by atoms with Gasteiger partial charge in [0.05, 0.1) is 0 Å². The molecule has 1 heterocycles. The molecule has 0 aliphatic carbocycles. The fraction of sp³-hybridized carbons (Fsp3) is 0.500. The summed E-state index contributed by atoms with van der Waals surface area (Å²) in [6.45, 7) is 2.55. The zero-order valence-electron chi connectivity index (χ0n) is 9.27. The first-order chi connectivity index (χ1) is 8.13. The van der Waals surface area contributed by atoms with Crippen molar-refractivity contribution < 1.29 is 14.7 Å². The molecular weight excluding hydrogens is 224 g/mol. The van der Waals surface area contributed by atoms with Gasteiger partial charge < -0.3 is 20.6 Å². The van der Waals surface area contributed by atoms with E-state index in [4.69, 9.17) is 10.4 Å². The topological polar surface area (TPSA) is 105 Å². The molecule has 92 valence electrons. The highest BCUT2D eigenvalue weighted by Crippen LogP contribution is 1.99. The monoisotopic (exact) mass is 238 g/mol. The Balaban J connectivity index is 2.56. The highest BCUT2D eigenvalue weighted by molar-refractivity contribution is 5.98. The number of carbonyl (C=O) groups is 2. The first kappa shape index (κ1) is 13.0. The average Bonchev–Trinajstić information content (AvgIpc) is 2.34. The van der Waals surface area contributed by atoms with Crippen LogP contribution in [0.5, 0.6) is 0 Å². The minimum atomic E-state index is -1.14. The number of rotatable bonds is 4. The molecule has 0 aromatic heterocycles. The number of carboxylic acids is 1. The number of piperazine rings is 1. The lowest BCUT2D eigenvalue weighted by Crippen LogP contribution is -2.41. The van der Waals surface area contributed by atoms with Crippen molar-refractivity contribution in [2.24, 2.45) is 0 Å². The van der Waals surface area contributed by atoms with Gasteiger partial charge in [-0.2, -0.15) is 5.26 Å². The fourth-order valence-electron chi connectivity index (χ4n) is 1.38. The molecule has 0 aromatic carbocycles. The van der Waals surface area contributed by atoms with E-state index in [0.29, 0.717) is 0 Å². The molecule has 1 aliphatic heterocycles. The van der Waals surface area contributed by atoms with Crippen molar-refractivity contribution in [2.45, 2.75) is 0 Å². The predicted octanol–water partition coefficient (Wildman–Crippen LogP) is -1.50. The smallest absolute Gasteiger partial charge is 0.322 e. The summed E-state index contributed by atoms with van der Waals surface area (Å²) in [5, 5.41) is 22.5. The van der Waals surface area contributed by atoms with Crippen LogP contribution in [0.2, 0.25) is 0 Å². The van der Waals surface area contributed by atoms with Crippen LogP contribution in [0.25, 0.3) is 0 Å². The minimum Gasteiger partial charge on any atom is -0.480 e. The number of hydrogen-bond acceptors (Lipinski definition) is 5. The number of nitrogens with one attached hydrogen (secondary N) is 2. The van der Waals surface area contributed by atoms with Gasteiger partial charge in [0.1, 0.15) is 18.2 Å². The van der Waals surface area contributed by atoms with Crippen molar-refractivity contribution >= 4 is 11.9 Å². The first-order valence-corrected chi connectivity index (χ1v) is 5.20. The van der Waals surface area contributed by atoms with Gasteiger partial charge >= 0.3 is 5.97 Å². The molecule has 1 saturated heterocycles. The Morgan fingerprint density at radius 3 is 2.65 bits per heavy atom. The second-order valence-corrected chi connectivity index (χ2v) is 3.52. The summed E-state index contributed by atoms with van der Waals surface area (Å²) >= 11 is 0. The van der Waals surface area contributed by atoms with Crippen LogP contribution in [0, 0.1) is 11.3 Å². The maximum atomic E-state index is 11.4. The van der Waals surface area contributed by atoms with Crippen LogP contribution in [0.1, 0.15) is 0 Å². The van der Waals surface area contributed by atoms with E-state index in [2.05, 4.69) is 10.6 Å². The number of nitriles is 1. The molecule has 0 bridgehead atoms. The minimum absolute atomic E-state index is 0.0758. The zero-order chi connectivity index (χ0) is 12.7. The molecule has 0 unspecified atom stereocenters. The molecule has 3 N–H and O–H groups in total. The van der Waals surface area contributed by atoms with E-state index in [9.17, 15) is 9.59 Å². The van der Waals surface area contributed by atoms with Gasteiger partial charge in [0.2, 0.25) is 0 Å². The third kappa shape index (κ3) is 4.53. The summed E-state index contributed by atoms with van der Waals surface area (Å²) in [5.74, 6) is -1.80. The molecule has 1 rings (SSSR count). The molecule has 7 nitrogen and oxygen atoms in total. The van der Waals surface area contributed by atoms with Crippen molar-refractivity contribution in [3.8, 4) is 6.07 Å². The van der Waals surface area contributed by atoms with Gasteiger partial charge in [-0.05, 0) is 0 Å². The molecule has 1 fully saturated rings. The van der Waals surface area contributed by atoms with E-state index in [1.165, 1.54) is 6.20 Å². The van der Waals surface area contributed by atoms with E-state index in [1.54, 1.807) is 6.07 Å². The number of aliphatic carboxylic acids is 1. The Bertz CT molecular complexity index is 366. The Morgan fingerprint density at radius 1 is 1.47 bits per heavy atom. The molecule has 17 heavy (non-hydrogen) atoms. The van der Waals surface area contributed by atoms with Crippen molar-refractivity contribution in [3.05, 3.63) is 11.8 Å². The highest BCUT2D eigenvalue weighted by Gasteiger charge is 2.13. The van der Waals surface area contributed by atoms with Crippen molar-refractivity contribution in [1.82, 2.24) is 15.5 Å². The van der Waals surface area contributed by atoms with Gasteiger partial charge in [-0.1, -0.05) is 0 Å². The van der Waals surface area contributed by atoms with E-state index in [0.717, 1.165) is 26.2 Å². The maximum Gasteiger partial charge on any atom is 0.322 e. The normalized spacial score (nSPS) is 16.2. The number of carbonyl (C=O) groups excluding carboxylic acids is 1. The summed E-state index contributed by atoms with van der Waals surface area (Å²) in [4.78, 5) is 23.6. The first-order valence-electron chi connectivity index (χ1n) is 5.20. The van der Waals surface area contributed by atoms with E-state index >= 15 is 0 Å². The molecular formula is C10H14N4O3. The molecule has 1 amide bonds. The number of carboxylic acid groups (broad SMARTS) is 1. The van der Waals surface area contributed by atoms with Crippen molar-refractivity contribution in [3.63, 3.8) is 0 Å². The Labute approximate surface area is 98.7 Å². The van der Waals surface area contributed by atoms with Crippen LogP contribution in [-0.4, -0.2) is 54.6 Å². The number of nitrogens with zero attached hydrogens (tertiary/aromatic N) is 2. The molecule has 0 spiro atoms. The fourth-order valence-corrected chi connectivity index (χ4v) is 1.38. The molecule has 1 aliphatic rings. The molecule has 0 atom stereocenters. The summed E-state index contributed by atoms with van der Waals surface area (Å²) in [6.07, 6.45) is 1.47. The highest BCUT2D eigenvalue weighted by atomic mass is 16.4. The standard InChI is InChI=1S/C10H14N4O3/c11-5-8(10(17)13-6-9(15)16)7-14-3-1-12-2-4-14/h7,12H,1-4,6H2,(H,13,17)(H,15,16)/b8-7-. The Kier molecular flexibility index (Phi) is 4.97. The summed E-state index contributed by atoms with van der Waals surface area (Å²) in [5.41, 5.74) is -0.0758. The van der Waals surface area contributed by atoms with Crippen LogP contribution < -0.4 is 10.6 Å². The van der Waals surface area contributed by atoms with Gasteiger partial charge in [-0.15, -0.1) is 0 Å². The largest absolute Gasteiger partial charge is 0.480 e. The van der Waals surface area contributed by atoms with Gasteiger partial charge in [0, 0.05) is 32.4 Å². The van der Waals surface area contributed by atoms with Gasteiger partial charge in [0.15, 0.2) is 0 Å². The van der Waals surface area contributed by atoms with Crippen LogP contribution in [0.4, 0.5) is 0 Å². The lowest BCUT2D eigenvalue weighted by Gasteiger charge is -2.25. The van der Waals surface area contributed by atoms with Crippen molar-refractivity contribution in [2.75, 3.05) is 32.7 Å². The third-order valence-corrected chi connectivity index (χ3v) is 2.23.